The van der Waals surface area contributed by atoms with E-state index in [2.05, 4.69) is 26.6 Å². The maximum absolute atomic E-state index is 12.3. The first kappa shape index (κ1) is 19.1. The molecule has 0 aliphatic carbocycles. The Morgan fingerprint density at radius 3 is 2.41 bits per heavy atom. The number of carbonyl (C=O) groups is 3. The minimum Gasteiger partial charge on any atom is -0.354 e. The predicted molar refractivity (Wildman–Crippen MR) is 106 cm³/mol. The van der Waals surface area contributed by atoms with Gasteiger partial charge < -0.3 is 15.5 Å². The number of nitrogens with one attached hydrogen (secondary N) is 2. The molecule has 27 heavy (non-hydrogen) atoms. The highest BCUT2D eigenvalue weighted by Gasteiger charge is 2.34. The van der Waals surface area contributed by atoms with E-state index in [1.807, 2.05) is 36.4 Å². The van der Waals surface area contributed by atoms with Crippen molar-refractivity contribution in [1.29, 1.82) is 0 Å². The lowest BCUT2D eigenvalue weighted by molar-refractivity contribution is -0.126. The van der Waals surface area contributed by atoms with Crippen LogP contribution in [0.5, 0.6) is 0 Å². The van der Waals surface area contributed by atoms with Crippen LogP contribution < -0.4 is 15.5 Å². The molecular weight excluding hydrogens is 410 g/mol. The van der Waals surface area contributed by atoms with Crippen molar-refractivity contribution in [3.63, 3.8) is 0 Å². The minimum atomic E-state index is -0.378. The Balaban J connectivity index is 1.44. The van der Waals surface area contributed by atoms with E-state index in [0.29, 0.717) is 25.2 Å². The van der Waals surface area contributed by atoms with Crippen molar-refractivity contribution in [2.45, 2.75) is 6.42 Å². The molecule has 0 saturated carbocycles. The average molecular weight is 430 g/mol. The molecule has 1 saturated heterocycles. The number of para-hydroxylation sites is 1. The fourth-order valence-corrected chi connectivity index (χ4v) is 3.45. The molecule has 1 heterocycles. The van der Waals surface area contributed by atoms with Crippen LogP contribution in [0.3, 0.4) is 0 Å². The Morgan fingerprint density at radius 1 is 1.00 bits per heavy atom. The number of nitrogens with zero attached hydrogens (tertiary/aromatic N) is 1. The number of rotatable bonds is 6. The number of hydrogen-bond donors (Lipinski definition) is 2. The number of hydrogen-bond acceptors (Lipinski definition) is 3. The van der Waals surface area contributed by atoms with Gasteiger partial charge in [0.15, 0.2) is 0 Å². The van der Waals surface area contributed by atoms with Gasteiger partial charge >= 0.3 is 0 Å². The van der Waals surface area contributed by atoms with E-state index in [-0.39, 0.29) is 30.1 Å². The third-order valence-corrected chi connectivity index (χ3v) is 5.08. The zero-order valence-corrected chi connectivity index (χ0v) is 16.2. The van der Waals surface area contributed by atoms with Crippen molar-refractivity contribution in [3.05, 3.63) is 64.6 Å². The third-order valence-electron chi connectivity index (χ3n) is 4.39. The van der Waals surface area contributed by atoms with Crippen LogP contribution in [0.2, 0.25) is 0 Å². The summed E-state index contributed by atoms with van der Waals surface area (Å²) in [6.07, 6.45) is 0.198. The number of anilines is 1. The maximum atomic E-state index is 12.3. The van der Waals surface area contributed by atoms with Crippen LogP contribution in [0.4, 0.5) is 5.69 Å². The molecule has 7 heteroatoms. The lowest BCUT2D eigenvalue weighted by atomic mass is 10.1. The SMILES string of the molecule is O=C(NCCNC(=O)[C@H]1CC(=O)N(c2ccccc2)C1)c1ccccc1Br. The molecule has 0 spiro atoms. The summed E-state index contributed by atoms with van der Waals surface area (Å²) >= 11 is 3.34. The van der Waals surface area contributed by atoms with Gasteiger partial charge in [-0.15, -0.1) is 0 Å². The summed E-state index contributed by atoms with van der Waals surface area (Å²) in [7, 11) is 0. The van der Waals surface area contributed by atoms with E-state index < -0.39 is 0 Å². The maximum Gasteiger partial charge on any atom is 0.252 e. The molecule has 1 fully saturated rings. The topological polar surface area (TPSA) is 78.5 Å². The van der Waals surface area contributed by atoms with Crippen LogP contribution >= 0.6 is 15.9 Å². The molecule has 6 nitrogen and oxygen atoms in total. The van der Waals surface area contributed by atoms with Crippen molar-refractivity contribution in [2.24, 2.45) is 5.92 Å². The van der Waals surface area contributed by atoms with Crippen LogP contribution in [0.15, 0.2) is 59.1 Å². The van der Waals surface area contributed by atoms with Crippen LogP contribution in [0.1, 0.15) is 16.8 Å². The molecule has 2 aromatic carbocycles. The number of benzene rings is 2. The summed E-state index contributed by atoms with van der Waals surface area (Å²) in [5, 5.41) is 5.56. The predicted octanol–water partition coefficient (Wildman–Crippen LogP) is 2.35. The van der Waals surface area contributed by atoms with Crippen LogP contribution in [0, 0.1) is 5.92 Å². The molecule has 3 amide bonds. The number of halogens is 1. The van der Waals surface area contributed by atoms with Gasteiger partial charge in [-0.05, 0) is 40.2 Å². The zero-order valence-electron chi connectivity index (χ0n) is 14.7. The monoisotopic (exact) mass is 429 g/mol. The Morgan fingerprint density at radius 2 is 1.67 bits per heavy atom. The Hall–Kier alpha value is -2.67. The first-order valence-electron chi connectivity index (χ1n) is 8.72. The van der Waals surface area contributed by atoms with E-state index in [4.69, 9.17) is 0 Å². The van der Waals surface area contributed by atoms with Gasteiger partial charge in [0.25, 0.3) is 5.91 Å². The van der Waals surface area contributed by atoms with Crippen molar-refractivity contribution < 1.29 is 14.4 Å². The zero-order chi connectivity index (χ0) is 19.2. The summed E-state index contributed by atoms with van der Waals surface area (Å²) in [5.74, 6) is -0.805. The lowest BCUT2D eigenvalue weighted by Gasteiger charge is -2.16. The number of amides is 3. The van der Waals surface area contributed by atoms with E-state index in [0.717, 1.165) is 10.2 Å². The van der Waals surface area contributed by atoms with Crippen LogP contribution in [0.25, 0.3) is 0 Å². The molecule has 140 valence electrons. The van der Waals surface area contributed by atoms with Gasteiger partial charge in [0.2, 0.25) is 11.8 Å². The summed E-state index contributed by atoms with van der Waals surface area (Å²) in [5.41, 5.74) is 1.35. The molecule has 1 aliphatic rings. The van der Waals surface area contributed by atoms with Gasteiger partial charge in [-0.3, -0.25) is 14.4 Å². The summed E-state index contributed by atoms with van der Waals surface area (Å²) in [6.45, 7) is 0.998. The molecule has 2 aromatic rings. The smallest absolute Gasteiger partial charge is 0.252 e. The summed E-state index contributed by atoms with van der Waals surface area (Å²) in [6, 6.07) is 16.5. The minimum absolute atomic E-state index is 0.0522. The first-order valence-corrected chi connectivity index (χ1v) is 9.51. The fraction of sp³-hybridized carbons (Fsp3) is 0.250. The van der Waals surface area contributed by atoms with Crippen molar-refractivity contribution in [3.8, 4) is 0 Å². The van der Waals surface area contributed by atoms with E-state index >= 15 is 0 Å². The highest BCUT2D eigenvalue weighted by molar-refractivity contribution is 9.10. The highest BCUT2D eigenvalue weighted by atomic mass is 79.9. The second kappa shape index (κ2) is 8.81. The lowest BCUT2D eigenvalue weighted by Crippen LogP contribution is -2.38. The van der Waals surface area contributed by atoms with Crippen molar-refractivity contribution in [1.82, 2.24) is 10.6 Å². The Labute approximate surface area is 166 Å². The molecule has 0 radical (unpaired) electrons. The van der Waals surface area contributed by atoms with Crippen LogP contribution in [-0.2, 0) is 9.59 Å². The quantitative estimate of drug-likeness (QED) is 0.691. The molecule has 3 rings (SSSR count). The molecule has 0 unspecified atom stereocenters. The molecular formula is C20H20BrN3O3. The number of carbonyl (C=O) groups excluding carboxylic acids is 3. The largest absolute Gasteiger partial charge is 0.354 e. The van der Waals surface area contributed by atoms with Gasteiger partial charge in [-0.2, -0.15) is 0 Å². The molecule has 1 atom stereocenters. The average Bonchev–Trinajstić information content (AvgIpc) is 3.08. The molecule has 0 bridgehead atoms. The molecule has 2 N–H and O–H groups in total. The van der Waals surface area contributed by atoms with Crippen LogP contribution in [-0.4, -0.2) is 37.4 Å². The van der Waals surface area contributed by atoms with E-state index in [1.54, 1.807) is 23.1 Å². The second-order valence-corrected chi connectivity index (χ2v) is 7.12. The normalized spacial score (nSPS) is 16.3. The van der Waals surface area contributed by atoms with E-state index in [9.17, 15) is 14.4 Å². The molecule has 1 aliphatic heterocycles. The van der Waals surface area contributed by atoms with E-state index in [1.165, 1.54) is 0 Å². The van der Waals surface area contributed by atoms with Crippen molar-refractivity contribution in [2.75, 3.05) is 24.5 Å². The van der Waals surface area contributed by atoms with Gasteiger partial charge in [-0.1, -0.05) is 30.3 Å². The second-order valence-electron chi connectivity index (χ2n) is 6.27. The summed E-state index contributed by atoms with van der Waals surface area (Å²) < 4.78 is 0.719. The molecule has 0 aromatic heterocycles. The Kier molecular flexibility index (Phi) is 6.24. The van der Waals surface area contributed by atoms with Gasteiger partial charge in [0, 0.05) is 36.2 Å². The third kappa shape index (κ3) is 4.74. The van der Waals surface area contributed by atoms with Gasteiger partial charge in [-0.25, -0.2) is 0 Å². The first-order chi connectivity index (χ1) is 13.1. The Bertz CT molecular complexity index is 841. The highest BCUT2D eigenvalue weighted by Crippen LogP contribution is 2.24. The van der Waals surface area contributed by atoms with Crippen molar-refractivity contribution >= 4 is 39.3 Å². The van der Waals surface area contributed by atoms with Gasteiger partial charge in [0.05, 0.1) is 11.5 Å². The standard InChI is InChI=1S/C20H20BrN3O3/c21-17-9-5-4-8-16(17)20(27)23-11-10-22-19(26)14-12-18(25)24(13-14)15-6-2-1-3-7-15/h1-9,14H,10-13H2,(H,22,26)(H,23,27)/t14-/m0/s1. The fourth-order valence-electron chi connectivity index (χ4n) is 2.99. The summed E-state index contributed by atoms with van der Waals surface area (Å²) in [4.78, 5) is 38.3. The van der Waals surface area contributed by atoms with Gasteiger partial charge in [0.1, 0.15) is 0 Å².